The van der Waals surface area contributed by atoms with Crippen LogP contribution in [-0.4, -0.2) is 15.0 Å². The van der Waals surface area contributed by atoms with Gasteiger partial charge in [-0.3, -0.25) is 4.79 Å². The topological polar surface area (TPSA) is 58.6 Å². The summed E-state index contributed by atoms with van der Waals surface area (Å²) in [5.41, 5.74) is 1.73. The second kappa shape index (κ2) is 5.17. The van der Waals surface area contributed by atoms with E-state index in [1.807, 2.05) is 12.3 Å². The predicted octanol–water partition coefficient (Wildman–Crippen LogP) is 3.62. The second-order valence-corrected chi connectivity index (χ2v) is 6.54. The monoisotopic (exact) mass is 339 g/mol. The highest BCUT2D eigenvalue weighted by molar-refractivity contribution is 9.10. The van der Waals surface area contributed by atoms with Crippen LogP contribution in [0.5, 0.6) is 0 Å². The van der Waals surface area contributed by atoms with E-state index in [9.17, 15) is 4.79 Å². The number of aryl methyl sites for hydroxylation is 1. The summed E-state index contributed by atoms with van der Waals surface area (Å²) in [5.74, 6) is 0.990. The lowest BCUT2D eigenvalue weighted by Gasteiger charge is -2.11. The molecule has 0 atom stereocenters. The maximum atomic E-state index is 12.0. The molecule has 1 N–H and O–H groups in total. The minimum Gasteiger partial charge on any atom is -0.304 e. The number of aromatic nitrogens is 3. The van der Waals surface area contributed by atoms with Gasteiger partial charge >= 0.3 is 0 Å². The lowest BCUT2D eigenvalue weighted by atomic mass is 10.0. The first-order valence-electron chi connectivity index (χ1n) is 6.37. The van der Waals surface area contributed by atoms with E-state index in [0.29, 0.717) is 16.2 Å². The molecule has 1 saturated carbocycles. The van der Waals surface area contributed by atoms with E-state index >= 15 is 0 Å². The molecule has 2 heterocycles. The maximum Gasteiger partial charge on any atom is 0.265 e. The average Bonchev–Trinajstić information content (AvgIpc) is 3.03. The molecule has 1 aliphatic carbocycles. The number of H-pyrrole nitrogens is 1. The minimum atomic E-state index is -0.111. The molecule has 4 nitrogen and oxygen atoms in total. The van der Waals surface area contributed by atoms with Crippen LogP contribution >= 0.6 is 27.3 Å². The van der Waals surface area contributed by atoms with Crippen molar-refractivity contribution in [3.05, 3.63) is 31.6 Å². The number of nitrogens with one attached hydrogen (secondary N) is 1. The summed E-state index contributed by atoms with van der Waals surface area (Å²) in [5, 5.41) is 2.74. The van der Waals surface area contributed by atoms with Crippen LogP contribution in [0.25, 0.3) is 10.8 Å². The summed E-state index contributed by atoms with van der Waals surface area (Å²) < 4.78 is 0.580. The van der Waals surface area contributed by atoms with Crippen molar-refractivity contribution in [3.63, 3.8) is 0 Å². The van der Waals surface area contributed by atoms with Gasteiger partial charge in [0.2, 0.25) is 0 Å². The van der Waals surface area contributed by atoms with E-state index in [1.54, 1.807) is 0 Å². The van der Waals surface area contributed by atoms with Crippen molar-refractivity contribution in [2.24, 2.45) is 0 Å². The van der Waals surface area contributed by atoms with E-state index in [2.05, 4.69) is 30.9 Å². The summed E-state index contributed by atoms with van der Waals surface area (Å²) in [6, 6.07) is 0. The molecule has 0 amide bonds. The SMILES string of the molecule is Cc1csc(-c2nc(C3CCCC3)c(Br)c(=O)[nH]2)n1. The number of thiazole rings is 1. The van der Waals surface area contributed by atoms with E-state index in [1.165, 1.54) is 24.2 Å². The van der Waals surface area contributed by atoms with Crippen molar-refractivity contribution in [3.8, 4) is 10.8 Å². The van der Waals surface area contributed by atoms with Gasteiger partial charge in [-0.25, -0.2) is 9.97 Å². The van der Waals surface area contributed by atoms with E-state index in [4.69, 9.17) is 0 Å². The molecule has 0 aliphatic heterocycles. The van der Waals surface area contributed by atoms with Gasteiger partial charge < -0.3 is 4.98 Å². The van der Waals surface area contributed by atoms with E-state index < -0.39 is 0 Å². The van der Waals surface area contributed by atoms with Crippen molar-refractivity contribution < 1.29 is 0 Å². The minimum absolute atomic E-state index is 0.111. The Hall–Kier alpha value is -1.01. The predicted molar refractivity (Wildman–Crippen MR) is 79.6 cm³/mol. The van der Waals surface area contributed by atoms with Gasteiger partial charge in [0.15, 0.2) is 10.8 Å². The smallest absolute Gasteiger partial charge is 0.265 e. The van der Waals surface area contributed by atoms with Crippen LogP contribution < -0.4 is 5.56 Å². The molecule has 100 valence electrons. The Morgan fingerprint density at radius 1 is 1.37 bits per heavy atom. The first kappa shape index (κ1) is 13.0. The van der Waals surface area contributed by atoms with Gasteiger partial charge in [0.25, 0.3) is 5.56 Å². The Morgan fingerprint density at radius 3 is 2.74 bits per heavy atom. The summed E-state index contributed by atoms with van der Waals surface area (Å²) in [7, 11) is 0. The third-order valence-electron chi connectivity index (χ3n) is 3.45. The molecule has 1 fully saturated rings. The number of halogens is 1. The number of hydrogen-bond acceptors (Lipinski definition) is 4. The molecule has 1 aliphatic rings. The molecule has 2 aromatic rings. The average molecular weight is 340 g/mol. The highest BCUT2D eigenvalue weighted by Crippen LogP contribution is 2.36. The van der Waals surface area contributed by atoms with Crippen LogP contribution in [0.4, 0.5) is 0 Å². The van der Waals surface area contributed by atoms with Crippen LogP contribution in [0.3, 0.4) is 0 Å². The van der Waals surface area contributed by atoms with Crippen molar-refractivity contribution in [1.82, 2.24) is 15.0 Å². The Balaban J connectivity index is 2.09. The fourth-order valence-corrected chi connectivity index (χ4v) is 3.76. The molecule has 0 saturated heterocycles. The molecule has 6 heteroatoms. The standard InChI is InChI=1S/C13H14BrN3OS/c1-7-6-19-13(15-7)11-16-10(8-4-2-3-5-8)9(14)12(18)17-11/h6,8H,2-5H2,1H3,(H,16,17,18). The van der Waals surface area contributed by atoms with Gasteiger partial charge in [-0.1, -0.05) is 12.8 Å². The third-order valence-corrected chi connectivity index (χ3v) is 5.19. The largest absolute Gasteiger partial charge is 0.304 e. The molecule has 0 radical (unpaired) electrons. The van der Waals surface area contributed by atoms with Crippen LogP contribution in [-0.2, 0) is 0 Å². The lowest BCUT2D eigenvalue weighted by Crippen LogP contribution is -2.15. The highest BCUT2D eigenvalue weighted by atomic mass is 79.9. The molecule has 19 heavy (non-hydrogen) atoms. The van der Waals surface area contributed by atoms with Crippen molar-refractivity contribution in [2.45, 2.75) is 38.5 Å². The first-order valence-corrected chi connectivity index (χ1v) is 8.04. The Morgan fingerprint density at radius 2 is 2.11 bits per heavy atom. The van der Waals surface area contributed by atoms with Gasteiger partial charge in [0.1, 0.15) is 4.47 Å². The zero-order valence-electron chi connectivity index (χ0n) is 10.6. The summed E-state index contributed by atoms with van der Waals surface area (Å²) in [6.07, 6.45) is 4.67. The molecule has 2 aromatic heterocycles. The van der Waals surface area contributed by atoms with Crippen LogP contribution in [0.2, 0.25) is 0 Å². The fourth-order valence-electron chi connectivity index (χ4n) is 2.51. The van der Waals surface area contributed by atoms with Crippen molar-refractivity contribution in [2.75, 3.05) is 0 Å². The van der Waals surface area contributed by atoms with E-state index in [-0.39, 0.29) is 5.56 Å². The quantitative estimate of drug-likeness (QED) is 0.908. The van der Waals surface area contributed by atoms with Crippen molar-refractivity contribution >= 4 is 27.3 Å². The maximum absolute atomic E-state index is 12.0. The molecule has 3 rings (SSSR count). The summed E-state index contributed by atoms with van der Waals surface area (Å²) in [6.45, 7) is 1.94. The molecular formula is C13H14BrN3OS. The van der Waals surface area contributed by atoms with Gasteiger partial charge in [-0.05, 0) is 35.7 Å². The molecule has 0 unspecified atom stereocenters. The van der Waals surface area contributed by atoms with Crippen molar-refractivity contribution in [1.29, 1.82) is 0 Å². The Bertz CT molecular complexity index is 658. The first-order chi connectivity index (χ1) is 9.15. The Labute approximate surface area is 123 Å². The normalized spacial score (nSPS) is 16.1. The summed E-state index contributed by atoms with van der Waals surface area (Å²) >= 11 is 4.89. The van der Waals surface area contributed by atoms with Gasteiger partial charge in [0, 0.05) is 17.0 Å². The molecule has 0 bridgehead atoms. The van der Waals surface area contributed by atoms with Gasteiger partial charge in [0.05, 0.1) is 5.69 Å². The van der Waals surface area contributed by atoms with E-state index in [0.717, 1.165) is 29.2 Å². The van der Waals surface area contributed by atoms with Gasteiger partial charge in [-0.2, -0.15) is 0 Å². The molecule has 0 aromatic carbocycles. The lowest BCUT2D eigenvalue weighted by molar-refractivity contribution is 0.688. The van der Waals surface area contributed by atoms with Crippen LogP contribution in [0.15, 0.2) is 14.6 Å². The third kappa shape index (κ3) is 2.51. The highest BCUT2D eigenvalue weighted by Gasteiger charge is 2.23. The number of rotatable bonds is 2. The summed E-state index contributed by atoms with van der Waals surface area (Å²) in [4.78, 5) is 23.9. The van der Waals surface area contributed by atoms with Gasteiger partial charge in [-0.15, -0.1) is 11.3 Å². The van der Waals surface area contributed by atoms with Crippen LogP contribution in [0, 0.1) is 6.92 Å². The second-order valence-electron chi connectivity index (χ2n) is 4.89. The number of hydrogen-bond donors (Lipinski definition) is 1. The molecule has 0 spiro atoms. The number of nitrogens with zero attached hydrogens (tertiary/aromatic N) is 2. The zero-order valence-corrected chi connectivity index (χ0v) is 13.0. The number of aromatic amines is 1. The molecular weight excluding hydrogens is 326 g/mol. The Kier molecular flexibility index (Phi) is 3.54. The van der Waals surface area contributed by atoms with Crippen LogP contribution in [0.1, 0.15) is 43.0 Å². The zero-order chi connectivity index (χ0) is 13.4. The fraction of sp³-hybridized carbons (Fsp3) is 0.462.